The van der Waals surface area contributed by atoms with Crippen LogP contribution in [0, 0.1) is 17.8 Å². The van der Waals surface area contributed by atoms with Gasteiger partial charge in [0.05, 0.1) is 5.92 Å². The summed E-state index contributed by atoms with van der Waals surface area (Å²) in [5.74, 6) is 0.875. The summed E-state index contributed by atoms with van der Waals surface area (Å²) >= 11 is 0. The van der Waals surface area contributed by atoms with Gasteiger partial charge in [0.2, 0.25) is 0 Å². The average molecular weight is 280 g/mol. The van der Waals surface area contributed by atoms with Gasteiger partial charge in [-0.25, -0.2) is 0 Å². The molecule has 114 valence electrons. The number of nitrogens with one attached hydrogen (secondary N) is 1. The molecule has 0 aromatic heterocycles. The Morgan fingerprint density at radius 3 is 2.55 bits per heavy atom. The third kappa shape index (κ3) is 3.17. The highest BCUT2D eigenvalue weighted by Crippen LogP contribution is 2.34. The van der Waals surface area contributed by atoms with E-state index in [0.29, 0.717) is 12.1 Å². The Labute approximate surface area is 121 Å². The van der Waals surface area contributed by atoms with Crippen LogP contribution in [0.25, 0.3) is 0 Å². The van der Waals surface area contributed by atoms with Gasteiger partial charge in [0.1, 0.15) is 0 Å². The smallest absolute Gasteiger partial charge is 0.307 e. The largest absolute Gasteiger partial charge is 0.481 e. The lowest BCUT2D eigenvalue weighted by molar-refractivity contribution is -0.145. The number of carbonyl (C=O) groups is 1. The number of carboxylic acids is 1. The Kier molecular flexibility index (Phi) is 4.32. The lowest BCUT2D eigenvalue weighted by Gasteiger charge is -2.47. The zero-order chi connectivity index (χ0) is 14.1. The Morgan fingerprint density at radius 2 is 2.00 bits per heavy atom. The predicted octanol–water partition coefficient (Wildman–Crippen LogP) is 1.95. The van der Waals surface area contributed by atoms with Crippen LogP contribution in [0.5, 0.6) is 0 Å². The number of aliphatic carboxylic acids is 1. The molecule has 0 aromatic rings. The van der Waals surface area contributed by atoms with Gasteiger partial charge in [-0.3, -0.25) is 9.69 Å². The van der Waals surface area contributed by atoms with Crippen molar-refractivity contribution in [3.05, 3.63) is 0 Å². The summed E-state index contributed by atoms with van der Waals surface area (Å²) in [6.07, 6.45) is 7.39. The number of rotatable bonds is 5. The molecule has 2 atom stereocenters. The topological polar surface area (TPSA) is 52.6 Å². The number of piperidine rings is 1. The molecular weight excluding hydrogens is 252 g/mol. The highest BCUT2D eigenvalue weighted by atomic mass is 16.4. The number of hydrogen-bond acceptors (Lipinski definition) is 3. The predicted molar refractivity (Wildman–Crippen MR) is 78.6 cm³/mol. The Morgan fingerprint density at radius 1 is 1.25 bits per heavy atom. The molecule has 2 N–H and O–H groups in total. The van der Waals surface area contributed by atoms with Crippen molar-refractivity contribution in [3.63, 3.8) is 0 Å². The number of likely N-dealkylation sites (tertiary alicyclic amines) is 1. The van der Waals surface area contributed by atoms with Crippen molar-refractivity contribution in [2.75, 3.05) is 19.6 Å². The van der Waals surface area contributed by atoms with Crippen LogP contribution in [0.1, 0.15) is 45.4 Å². The Hall–Kier alpha value is -0.610. The molecule has 1 saturated heterocycles. The summed E-state index contributed by atoms with van der Waals surface area (Å²) in [6.45, 7) is 5.19. The molecular formula is C16H28N2O2. The molecule has 4 heteroatoms. The maximum absolute atomic E-state index is 11.4. The Bertz CT molecular complexity index is 350. The number of nitrogens with zero attached hydrogens (tertiary/aromatic N) is 1. The molecule has 2 unspecified atom stereocenters. The summed E-state index contributed by atoms with van der Waals surface area (Å²) in [7, 11) is 0. The van der Waals surface area contributed by atoms with Crippen molar-refractivity contribution in [2.24, 2.45) is 17.8 Å². The summed E-state index contributed by atoms with van der Waals surface area (Å²) in [5, 5.41) is 13.0. The van der Waals surface area contributed by atoms with Gasteiger partial charge in [-0.05, 0) is 50.5 Å². The summed E-state index contributed by atoms with van der Waals surface area (Å²) in [5.41, 5.74) is 0. The van der Waals surface area contributed by atoms with E-state index in [0.717, 1.165) is 37.9 Å². The van der Waals surface area contributed by atoms with E-state index >= 15 is 0 Å². The fourth-order valence-electron chi connectivity index (χ4n) is 3.95. The van der Waals surface area contributed by atoms with Gasteiger partial charge in [0.25, 0.3) is 0 Å². The van der Waals surface area contributed by atoms with Crippen LogP contribution >= 0.6 is 0 Å². The third-order valence-corrected chi connectivity index (χ3v) is 5.61. The molecule has 3 rings (SSSR count). The second-order valence-electron chi connectivity index (χ2n) is 7.36. The molecule has 4 nitrogen and oxygen atoms in total. The maximum Gasteiger partial charge on any atom is 0.307 e. The molecule has 0 radical (unpaired) electrons. The van der Waals surface area contributed by atoms with Crippen LogP contribution < -0.4 is 5.32 Å². The molecule has 0 aromatic carbocycles. The number of hydrogen-bond donors (Lipinski definition) is 2. The van der Waals surface area contributed by atoms with E-state index in [1.54, 1.807) is 0 Å². The third-order valence-electron chi connectivity index (χ3n) is 5.61. The highest BCUT2D eigenvalue weighted by molar-refractivity contribution is 5.70. The number of carboxylic acid groups (broad SMARTS) is 1. The molecule has 0 bridgehead atoms. The zero-order valence-corrected chi connectivity index (χ0v) is 12.6. The van der Waals surface area contributed by atoms with Gasteiger partial charge >= 0.3 is 5.97 Å². The van der Waals surface area contributed by atoms with E-state index in [1.807, 2.05) is 0 Å². The molecule has 0 amide bonds. The normalized spacial score (nSPS) is 39.0. The molecule has 20 heavy (non-hydrogen) atoms. The summed E-state index contributed by atoms with van der Waals surface area (Å²) < 4.78 is 0. The van der Waals surface area contributed by atoms with Crippen LogP contribution in [-0.2, 0) is 4.79 Å². The van der Waals surface area contributed by atoms with E-state index in [4.69, 9.17) is 0 Å². The van der Waals surface area contributed by atoms with E-state index in [1.165, 1.54) is 32.1 Å². The van der Waals surface area contributed by atoms with Gasteiger partial charge in [-0.1, -0.05) is 13.3 Å². The fourth-order valence-corrected chi connectivity index (χ4v) is 3.95. The highest BCUT2D eigenvalue weighted by Gasteiger charge is 2.38. The summed E-state index contributed by atoms with van der Waals surface area (Å²) in [6, 6.07) is 1.02. The molecule has 3 fully saturated rings. The van der Waals surface area contributed by atoms with Crippen LogP contribution in [0.4, 0.5) is 0 Å². The lowest BCUT2D eigenvalue weighted by Crippen LogP contribution is -2.57. The van der Waals surface area contributed by atoms with Gasteiger partial charge in [-0.2, -0.15) is 0 Å². The minimum Gasteiger partial charge on any atom is -0.481 e. The van der Waals surface area contributed by atoms with Crippen molar-refractivity contribution < 1.29 is 9.90 Å². The van der Waals surface area contributed by atoms with E-state index in [2.05, 4.69) is 17.1 Å². The molecule has 1 heterocycles. The molecule has 0 spiro atoms. The quantitative estimate of drug-likeness (QED) is 0.808. The molecule has 1 aliphatic heterocycles. The van der Waals surface area contributed by atoms with Crippen molar-refractivity contribution in [3.8, 4) is 0 Å². The first kappa shape index (κ1) is 14.3. The van der Waals surface area contributed by atoms with E-state index in [-0.39, 0.29) is 5.92 Å². The standard InChI is InChI=1S/C16H28N2O2/c1-11-5-15(6-11)18-9-13(16(19)20)7-14(10-18)17-8-12-3-2-4-12/h11-15,17H,2-10H2,1H3,(H,19,20). The monoisotopic (exact) mass is 280 g/mol. The van der Waals surface area contributed by atoms with Gasteiger partial charge in [-0.15, -0.1) is 0 Å². The van der Waals surface area contributed by atoms with Gasteiger partial charge in [0.15, 0.2) is 0 Å². The minimum atomic E-state index is -0.613. The van der Waals surface area contributed by atoms with Gasteiger partial charge in [0, 0.05) is 25.2 Å². The zero-order valence-electron chi connectivity index (χ0n) is 12.6. The van der Waals surface area contributed by atoms with Gasteiger partial charge < -0.3 is 10.4 Å². The van der Waals surface area contributed by atoms with Crippen LogP contribution in [0.2, 0.25) is 0 Å². The van der Waals surface area contributed by atoms with Crippen molar-refractivity contribution in [1.82, 2.24) is 10.2 Å². The van der Waals surface area contributed by atoms with Crippen molar-refractivity contribution >= 4 is 5.97 Å². The van der Waals surface area contributed by atoms with E-state index in [9.17, 15) is 9.90 Å². The Balaban J connectivity index is 1.53. The first-order valence-corrected chi connectivity index (χ1v) is 8.32. The van der Waals surface area contributed by atoms with E-state index < -0.39 is 5.97 Å². The fraction of sp³-hybridized carbons (Fsp3) is 0.938. The first-order valence-electron chi connectivity index (χ1n) is 8.32. The SMILES string of the molecule is CC1CC(N2CC(NCC3CCC3)CC(C(=O)O)C2)C1. The minimum absolute atomic E-state index is 0.182. The van der Waals surface area contributed by atoms with Crippen LogP contribution in [-0.4, -0.2) is 47.7 Å². The second-order valence-corrected chi connectivity index (χ2v) is 7.36. The van der Waals surface area contributed by atoms with Crippen LogP contribution in [0.3, 0.4) is 0 Å². The first-order chi connectivity index (χ1) is 9.61. The molecule has 2 aliphatic carbocycles. The maximum atomic E-state index is 11.4. The van der Waals surface area contributed by atoms with Crippen LogP contribution in [0.15, 0.2) is 0 Å². The molecule has 3 aliphatic rings. The average Bonchev–Trinajstić information content (AvgIpc) is 2.32. The van der Waals surface area contributed by atoms with Crippen molar-refractivity contribution in [1.29, 1.82) is 0 Å². The summed E-state index contributed by atoms with van der Waals surface area (Å²) in [4.78, 5) is 13.8. The molecule has 2 saturated carbocycles. The van der Waals surface area contributed by atoms with Crippen molar-refractivity contribution in [2.45, 2.75) is 57.5 Å². The lowest BCUT2D eigenvalue weighted by atomic mass is 9.79. The second kappa shape index (κ2) is 6.02.